The van der Waals surface area contributed by atoms with Crippen LogP contribution in [-0.4, -0.2) is 62.8 Å². The summed E-state index contributed by atoms with van der Waals surface area (Å²) in [7, 11) is 3.87. The normalized spacial score (nSPS) is 28.6. The van der Waals surface area contributed by atoms with Crippen LogP contribution in [0.25, 0.3) is 0 Å². The summed E-state index contributed by atoms with van der Waals surface area (Å²) in [5.41, 5.74) is 0. The SMILES string of the molecule is COCCN1CC(C)CN(C)CC1CC#N. The van der Waals surface area contributed by atoms with Crippen LogP contribution >= 0.6 is 0 Å². The van der Waals surface area contributed by atoms with E-state index >= 15 is 0 Å². The fourth-order valence-corrected chi connectivity index (χ4v) is 2.47. The Balaban J connectivity index is 2.61. The highest BCUT2D eigenvalue weighted by Crippen LogP contribution is 2.15. The first-order valence-electron chi connectivity index (χ1n) is 5.95. The van der Waals surface area contributed by atoms with Crippen molar-refractivity contribution in [1.82, 2.24) is 9.80 Å². The molecule has 1 heterocycles. The zero-order valence-electron chi connectivity index (χ0n) is 10.6. The quantitative estimate of drug-likeness (QED) is 0.709. The highest BCUT2D eigenvalue weighted by molar-refractivity contribution is 4.88. The van der Waals surface area contributed by atoms with Crippen LogP contribution in [0.15, 0.2) is 0 Å². The van der Waals surface area contributed by atoms with Crippen molar-refractivity contribution < 1.29 is 4.74 Å². The van der Waals surface area contributed by atoms with Crippen molar-refractivity contribution in [3.8, 4) is 6.07 Å². The second-order valence-corrected chi connectivity index (χ2v) is 4.83. The van der Waals surface area contributed by atoms with Crippen molar-refractivity contribution in [2.45, 2.75) is 19.4 Å². The maximum Gasteiger partial charge on any atom is 0.0638 e. The molecule has 0 aromatic heterocycles. The van der Waals surface area contributed by atoms with E-state index in [2.05, 4.69) is 29.8 Å². The molecule has 1 fully saturated rings. The van der Waals surface area contributed by atoms with Crippen LogP contribution in [0.4, 0.5) is 0 Å². The average molecular weight is 225 g/mol. The number of rotatable bonds is 4. The lowest BCUT2D eigenvalue weighted by atomic mass is 10.1. The molecule has 2 atom stereocenters. The first kappa shape index (κ1) is 13.4. The second-order valence-electron chi connectivity index (χ2n) is 4.83. The van der Waals surface area contributed by atoms with Gasteiger partial charge in [0.25, 0.3) is 0 Å². The van der Waals surface area contributed by atoms with Gasteiger partial charge in [-0.15, -0.1) is 0 Å². The Morgan fingerprint density at radius 1 is 1.38 bits per heavy atom. The molecule has 2 unspecified atom stereocenters. The topological polar surface area (TPSA) is 39.5 Å². The molecular weight excluding hydrogens is 202 g/mol. The molecule has 1 aliphatic rings. The van der Waals surface area contributed by atoms with Gasteiger partial charge in [-0.2, -0.15) is 5.26 Å². The van der Waals surface area contributed by atoms with Crippen molar-refractivity contribution >= 4 is 0 Å². The molecule has 0 spiro atoms. The Morgan fingerprint density at radius 3 is 2.75 bits per heavy atom. The minimum absolute atomic E-state index is 0.357. The highest BCUT2D eigenvalue weighted by atomic mass is 16.5. The van der Waals surface area contributed by atoms with Gasteiger partial charge in [0.1, 0.15) is 0 Å². The molecule has 0 aliphatic carbocycles. The van der Waals surface area contributed by atoms with E-state index in [1.165, 1.54) is 0 Å². The van der Waals surface area contributed by atoms with Crippen molar-refractivity contribution in [3.63, 3.8) is 0 Å². The van der Waals surface area contributed by atoms with Crippen LogP contribution in [0.2, 0.25) is 0 Å². The van der Waals surface area contributed by atoms with E-state index in [1.807, 2.05) is 0 Å². The monoisotopic (exact) mass is 225 g/mol. The largest absolute Gasteiger partial charge is 0.383 e. The Labute approximate surface area is 98.8 Å². The van der Waals surface area contributed by atoms with Gasteiger partial charge in [-0.25, -0.2) is 0 Å². The molecule has 0 radical (unpaired) electrons. The number of ether oxygens (including phenoxy) is 1. The molecule has 16 heavy (non-hydrogen) atoms. The molecule has 0 aromatic carbocycles. The van der Waals surface area contributed by atoms with Crippen LogP contribution < -0.4 is 0 Å². The summed E-state index contributed by atoms with van der Waals surface area (Å²) in [6.45, 7) is 7.12. The zero-order valence-corrected chi connectivity index (χ0v) is 10.6. The van der Waals surface area contributed by atoms with Crippen LogP contribution in [0.3, 0.4) is 0 Å². The van der Waals surface area contributed by atoms with Gasteiger partial charge in [-0.05, 0) is 13.0 Å². The predicted molar refractivity (Wildman–Crippen MR) is 64.1 cm³/mol. The summed E-state index contributed by atoms with van der Waals surface area (Å²) in [6, 6.07) is 2.65. The third kappa shape index (κ3) is 4.09. The van der Waals surface area contributed by atoms with Crippen LogP contribution in [0, 0.1) is 17.2 Å². The second kappa shape index (κ2) is 6.85. The number of methoxy groups -OCH3 is 1. The number of hydrogen-bond donors (Lipinski definition) is 0. The van der Waals surface area contributed by atoms with E-state index in [4.69, 9.17) is 10.00 Å². The summed E-state index contributed by atoms with van der Waals surface area (Å²) in [4.78, 5) is 4.74. The minimum Gasteiger partial charge on any atom is -0.383 e. The lowest BCUT2D eigenvalue weighted by molar-refractivity contribution is 0.115. The van der Waals surface area contributed by atoms with Gasteiger partial charge in [-0.1, -0.05) is 6.92 Å². The summed E-state index contributed by atoms with van der Waals surface area (Å²) < 4.78 is 5.14. The third-order valence-electron chi connectivity index (χ3n) is 3.12. The Bertz CT molecular complexity index is 239. The molecule has 0 saturated carbocycles. The molecule has 4 heteroatoms. The molecule has 0 amide bonds. The third-order valence-corrected chi connectivity index (χ3v) is 3.12. The van der Waals surface area contributed by atoms with Crippen LogP contribution in [0.5, 0.6) is 0 Å². The summed E-state index contributed by atoms with van der Waals surface area (Å²) in [5, 5.41) is 8.88. The van der Waals surface area contributed by atoms with Gasteiger partial charge in [0.2, 0.25) is 0 Å². The van der Waals surface area contributed by atoms with Crippen molar-refractivity contribution in [2.75, 3.05) is 46.9 Å². The molecule has 1 aliphatic heterocycles. The van der Waals surface area contributed by atoms with Crippen LogP contribution in [0.1, 0.15) is 13.3 Å². The van der Waals surface area contributed by atoms with Gasteiger partial charge >= 0.3 is 0 Å². The van der Waals surface area contributed by atoms with E-state index in [1.54, 1.807) is 7.11 Å². The minimum atomic E-state index is 0.357. The molecule has 0 bridgehead atoms. The van der Waals surface area contributed by atoms with E-state index in [-0.39, 0.29) is 0 Å². The van der Waals surface area contributed by atoms with E-state index < -0.39 is 0 Å². The molecule has 0 aromatic rings. The number of likely N-dealkylation sites (N-methyl/N-ethyl adjacent to an activating group) is 1. The van der Waals surface area contributed by atoms with E-state index in [9.17, 15) is 0 Å². The van der Waals surface area contributed by atoms with Crippen LogP contribution in [-0.2, 0) is 4.74 Å². The summed E-state index contributed by atoms with van der Waals surface area (Å²) in [6.07, 6.45) is 0.612. The van der Waals surface area contributed by atoms with Gasteiger partial charge in [0.05, 0.1) is 19.1 Å². The Morgan fingerprint density at radius 2 is 2.12 bits per heavy atom. The van der Waals surface area contributed by atoms with Gasteiger partial charge in [0, 0.05) is 39.3 Å². The lowest BCUT2D eigenvalue weighted by Crippen LogP contribution is -2.42. The molecular formula is C12H23N3O. The first-order valence-corrected chi connectivity index (χ1v) is 5.95. The summed E-state index contributed by atoms with van der Waals surface area (Å²) in [5.74, 6) is 0.658. The van der Waals surface area contributed by atoms with Crippen molar-refractivity contribution in [1.29, 1.82) is 5.26 Å². The maximum absolute atomic E-state index is 8.88. The first-order chi connectivity index (χ1) is 7.67. The van der Waals surface area contributed by atoms with Gasteiger partial charge in [-0.3, -0.25) is 4.90 Å². The highest BCUT2D eigenvalue weighted by Gasteiger charge is 2.25. The van der Waals surface area contributed by atoms with E-state index in [0.717, 1.165) is 32.8 Å². The molecule has 92 valence electrons. The number of hydrogen-bond acceptors (Lipinski definition) is 4. The Hall–Kier alpha value is -0.630. The number of nitrogens with zero attached hydrogens (tertiary/aromatic N) is 3. The molecule has 0 N–H and O–H groups in total. The standard InChI is InChI=1S/C12H23N3O/c1-11-8-14(2)10-12(4-5-13)15(9-11)6-7-16-3/h11-12H,4,6-10H2,1-3H3. The molecule has 1 rings (SSSR count). The Kier molecular flexibility index (Phi) is 5.75. The fraction of sp³-hybridized carbons (Fsp3) is 0.917. The van der Waals surface area contributed by atoms with Gasteiger partial charge < -0.3 is 9.64 Å². The smallest absolute Gasteiger partial charge is 0.0638 e. The fourth-order valence-electron chi connectivity index (χ4n) is 2.47. The molecule has 4 nitrogen and oxygen atoms in total. The maximum atomic E-state index is 8.88. The molecule has 1 saturated heterocycles. The van der Waals surface area contributed by atoms with Crippen molar-refractivity contribution in [2.24, 2.45) is 5.92 Å². The average Bonchev–Trinajstić information content (AvgIpc) is 2.35. The lowest BCUT2D eigenvalue weighted by Gasteiger charge is -2.29. The predicted octanol–water partition coefficient (Wildman–Crippen LogP) is 0.799. The summed E-state index contributed by atoms with van der Waals surface area (Å²) >= 11 is 0. The van der Waals surface area contributed by atoms with E-state index in [0.29, 0.717) is 18.4 Å². The van der Waals surface area contributed by atoms with Gasteiger partial charge in [0.15, 0.2) is 0 Å². The zero-order chi connectivity index (χ0) is 12.0. The number of nitriles is 1. The van der Waals surface area contributed by atoms with Crippen molar-refractivity contribution in [3.05, 3.63) is 0 Å².